The van der Waals surface area contributed by atoms with Gasteiger partial charge in [-0.2, -0.15) is 0 Å². The molecule has 0 heterocycles. The first-order chi connectivity index (χ1) is 11.7. The fourth-order valence-corrected chi connectivity index (χ4v) is 2.59. The molecule has 2 aromatic rings. The van der Waals surface area contributed by atoms with Gasteiger partial charge in [-0.1, -0.05) is 43.1 Å². The highest BCUT2D eigenvalue weighted by atomic mass is 35.5. The van der Waals surface area contributed by atoms with Crippen LogP contribution >= 0.6 is 11.6 Å². The van der Waals surface area contributed by atoms with E-state index in [9.17, 15) is 0 Å². The first kappa shape index (κ1) is 18.6. The van der Waals surface area contributed by atoms with Crippen LogP contribution in [0.25, 0.3) is 0 Å². The highest BCUT2D eigenvalue weighted by Crippen LogP contribution is 2.29. The van der Waals surface area contributed by atoms with Crippen molar-refractivity contribution in [3.63, 3.8) is 0 Å². The smallest absolute Gasteiger partial charge is 0.161 e. The van der Waals surface area contributed by atoms with Crippen LogP contribution in [0.4, 0.5) is 0 Å². The summed E-state index contributed by atoms with van der Waals surface area (Å²) in [4.78, 5) is 0. The topological polar surface area (TPSA) is 30.5 Å². The zero-order valence-electron chi connectivity index (χ0n) is 14.5. The third-order valence-corrected chi connectivity index (χ3v) is 3.86. The highest BCUT2D eigenvalue weighted by Gasteiger charge is 2.07. The van der Waals surface area contributed by atoms with Crippen molar-refractivity contribution >= 4 is 11.6 Å². The van der Waals surface area contributed by atoms with Crippen LogP contribution in [-0.4, -0.2) is 13.2 Å². The van der Waals surface area contributed by atoms with Crippen molar-refractivity contribution in [1.29, 1.82) is 0 Å². The first-order valence-corrected chi connectivity index (χ1v) is 8.94. The quantitative estimate of drug-likeness (QED) is 0.598. The van der Waals surface area contributed by atoms with E-state index in [0.717, 1.165) is 35.2 Å². The van der Waals surface area contributed by atoms with Crippen molar-refractivity contribution in [3.8, 4) is 11.5 Å². The SMILES string of the molecule is CCCCNCc1ccc(OCc2cccc(Cl)c2)c(OCC)c1. The van der Waals surface area contributed by atoms with E-state index in [0.29, 0.717) is 13.2 Å². The van der Waals surface area contributed by atoms with Crippen molar-refractivity contribution < 1.29 is 9.47 Å². The molecule has 0 bridgehead atoms. The molecule has 3 nitrogen and oxygen atoms in total. The predicted octanol–water partition coefficient (Wildman–Crippen LogP) is 5.21. The Kier molecular flexibility index (Phi) is 7.93. The van der Waals surface area contributed by atoms with E-state index in [1.807, 2.05) is 37.3 Å². The van der Waals surface area contributed by atoms with Crippen molar-refractivity contribution in [2.45, 2.75) is 39.8 Å². The molecule has 2 rings (SSSR count). The fraction of sp³-hybridized carbons (Fsp3) is 0.400. The van der Waals surface area contributed by atoms with Crippen LogP contribution in [0.1, 0.15) is 37.8 Å². The predicted molar refractivity (Wildman–Crippen MR) is 100 cm³/mol. The molecule has 0 fully saturated rings. The minimum atomic E-state index is 0.467. The Bertz CT molecular complexity index is 631. The third-order valence-electron chi connectivity index (χ3n) is 3.63. The largest absolute Gasteiger partial charge is 0.490 e. The maximum Gasteiger partial charge on any atom is 0.161 e. The standard InChI is InChI=1S/C20H26ClNO2/c1-3-5-11-22-14-16-9-10-19(20(13-16)23-4-2)24-15-17-7-6-8-18(21)12-17/h6-10,12-13,22H,3-5,11,14-15H2,1-2H3. The normalized spacial score (nSPS) is 10.6. The highest BCUT2D eigenvalue weighted by molar-refractivity contribution is 6.30. The average molecular weight is 348 g/mol. The molecule has 0 atom stereocenters. The summed E-state index contributed by atoms with van der Waals surface area (Å²) < 4.78 is 11.7. The van der Waals surface area contributed by atoms with Crippen molar-refractivity contribution in [2.24, 2.45) is 0 Å². The van der Waals surface area contributed by atoms with Crippen molar-refractivity contribution in [1.82, 2.24) is 5.32 Å². The maximum absolute atomic E-state index is 6.01. The van der Waals surface area contributed by atoms with Crippen LogP contribution in [0.3, 0.4) is 0 Å². The fourth-order valence-electron chi connectivity index (χ4n) is 2.37. The zero-order valence-corrected chi connectivity index (χ0v) is 15.2. The number of halogens is 1. The minimum Gasteiger partial charge on any atom is -0.490 e. The summed E-state index contributed by atoms with van der Waals surface area (Å²) in [6, 6.07) is 13.8. The second-order valence-electron chi connectivity index (χ2n) is 5.66. The van der Waals surface area contributed by atoms with Crippen LogP contribution in [0.2, 0.25) is 5.02 Å². The number of hydrogen-bond donors (Lipinski definition) is 1. The number of hydrogen-bond acceptors (Lipinski definition) is 3. The van der Waals surface area contributed by atoms with E-state index >= 15 is 0 Å². The number of rotatable bonds is 10. The van der Waals surface area contributed by atoms with E-state index in [1.54, 1.807) is 0 Å². The average Bonchev–Trinajstić information content (AvgIpc) is 2.58. The minimum absolute atomic E-state index is 0.467. The van der Waals surface area contributed by atoms with Gasteiger partial charge in [-0.3, -0.25) is 0 Å². The molecule has 0 saturated carbocycles. The Morgan fingerprint density at radius 1 is 0.958 bits per heavy atom. The van der Waals surface area contributed by atoms with Crippen LogP contribution in [0.15, 0.2) is 42.5 Å². The van der Waals surface area contributed by atoms with E-state index in [4.69, 9.17) is 21.1 Å². The summed E-state index contributed by atoms with van der Waals surface area (Å²) in [7, 11) is 0. The van der Waals surface area contributed by atoms with E-state index in [-0.39, 0.29) is 0 Å². The monoisotopic (exact) mass is 347 g/mol. The lowest BCUT2D eigenvalue weighted by Gasteiger charge is -2.14. The molecule has 0 aliphatic rings. The molecular formula is C20H26ClNO2. The molecule has 1 N–H and O–H groups in total. The summed E-state index contributed by atoms with van der Waals surface area (Å²) in [5.41, 5.74) is 2.24. The first-order valence-electron chi connectivity index (χ1n) is 8.56. The van der Waals surface area contributed by atoms with E-state index in [1.165, 1.54) is 18.4 Å². The lowest BCUT2D eigenvalue weighted by molar-refractivity contribution is 0.269. The van der Waals surface area contributed by atoms with Gasteiger partial charge in [0.05, 0.1) is 6.61 Å². The Hall–Kier alpha value is -1.71. The summed E-state index contributed by atoms with van der Waals surface area (Å²) in [6.45, 7) is 7.13. The van der Waals surface area contributed by atoms with Crippen LogP contribution in [-0.2, 0) is 13.2 Å². The Balaban J connectivity index is 2.00. The lowest BCUT2D eigenvalue weighted by Crippen LogP contribution is -2.14. The molecule has 130 valence electrons. The number of nitrogens with one attached hydrogen (secondary N) is 1. The van der Waals surface area contributed by atoms with Gasteiger partial charge in [0.1, 0.15) is 6.61 Å². The van der Waals surface area contributed by atoms with Gasteiger partial charge in [-0.25, -0.2) is 0 Å². The molecule has 0 aromatic heterocycles. The van der Waals surface area contributed by atoms with Gasteiger partial charge in [0, 0.05) is 11.6 Å². The summed E-state index contributed by atoms with van der Waals surface area (Å²) >= 11 is 6.01. The summed E-state index contributed by atoms with van der Waals surface area (Å²) in [6.07, 6.45) is 2.40. The molecule has 0 amide bonds. The Morgan fingerprint density at radius 3 is 2.58 bits per heavy atom. The van der Waals surface area contributed by atoms with Gasteiger partial charge in [0.25, 0.3) is 0 Å². The second kappa shape index (κ2) is 10.2. The number of benzene rings is 2. The number of unbranched alkanes of at least 4 members (excludes halogenated alkanes) is 1. The van der Waals surface area contributed by atoms with Crippen LogP contribution in [0.5, 0.6) is 11.5 Å². The Morgan fingerprint density at radius 2 is 1.83 bits per heavy atom. The van der Waals surface area contributed by atoms with Crippen molar-refractivity contribution in [2.75, 3.05) is 13.2 Å². The van der Waals surface area contributed by atoms with Gasteiger partial charge in [-0.05, 0) is 55.3 Å². The third kappa shape index (κ3) is 6.06. The summed E-state index contributed by atoms with van der Waals surface area (Å²) in [5, 5.41) is 4.16. The molecule has 0 aliphatic carbocycles. The van der Waals surface area contributed by atoms with Crippen molar-refractivity contribution in [3.05, 3.63) is 58.6 Å². The van der Waals surface area contributed by atoms with Crippen LogP contribution < -0.4 is 14.8 Å². The zero-order chi connectivity index (χ0) is 17.2. The molecule has 0 saturated heterocycles. The van der Waals surface area contributed by atoms with Gasteiger partial charge in [0.2, 0.25) is 0 Å². The second-order valence-corrected chi connectivity index (χ2v) is 6.10. The van der Waals surface area contributed by atoms with E-state index < -0.39 is 0 Å². The van der Waals surface area contributed by atoms with Gasteiger partial charge >= 0.3 is 0 Å². The van der Waals surface area contributed by atoms with Gasteiger partial charge < -0.3 is 14.8 Å². The molecule has 0 unspecified atom stereocenters. The molecule has 0 aliphatic heterocycles. The maximum atomic E-state index is 6.01. The van der Waals surface area contributed by atoms with Crippen LogP contribution in [0, 0.1) is 0 Å². The molecule has 0 spiro atoms. The molecular weight excluding hydrogens is 322 g/mol. The molecule has 24 heavy (non-hydrogen) atoms. The molecule has 4 heteroatoms. The Labute approximate surface area is 149 Å². The summed E-state index contributed by atoms with van der Waals surface area (Å²) in [5.74, 6) is 1.54. The lowest BCUT2D eigenvalue weighted by atomic mass is 10.2. The molecule has 0 radical (unpaired) electrons. The van der Waals surface area contributed by atoms with Gasteiger partial charge in [0.15, 0.2) is 11.5 Å². The molecule has 2 aromatic carbocycles. The number of ether oxygens (including phenoxy) is 2. The van der Waals surface area contributed by atoms with E-state index in [2.05, 4.69) is 24.4 Å². The van der Waals surface area contributed by atoms with Gasteiger partial charge in [-0.15, -0.1) is 0 Å².